The van der Waals surface area contributed by atoms with E-state index in [1.165, 1.54) is 68.1 Å². The zero-order valence-corrected chi connectivity index (χ0v) is 23.2. The quantitative estimate of drug-likeness (QED) is 0.262. The average molecular weight is 470 g/mol. The number of aryl methyl sites for hydroxylation is 1. The lowest BCUT2D eigenvalue weighted by molar-refractivity contribution is -0.645. The Bertz CT molecular complexity index is 1300. The number of fused-ring (bicyclic) bond motifs is 4. The number of hydrogen-bond donors (Lipinski definition) is 0. The van der Waals surface area contributed by atoms with Gasteiger partial charge in [0, 0.05) is 0 Å². The van der Waals surface area contributed by atoms with Crippen molar-refractivity contribution in [2.24, 2.45) is 12.5 Å². The van der Waals surface area contributed by atoms with Crippen LogP contribution in [0.25, 0.3) is 16.7 Å². The van der Waals surface area contributed by atoms with Gasteiger partial charge in [-0.1, -0.05) is 66.9 Å². The van der Waals surface area contributed by atoms with E-state index in [1.54, 1.807) is 22.3 Å². The maximum absolute atomic E-state index is 2.55. The fourth-order valence-corrected chi connectivity index (χ4v) is 8.23. The second-order valence-electron chi connectivity index (χ2n) is 13.4. The molecular weight excluding hydrogens is 424 g/mol. The highest BCUT2D eigenvalue weighted by atomic mass is 15.1. The second-order valence-corrected chi connectivity index (χ2v) is 13.4. The van der Waals surface area contributed by atoms with E-state index in [0.717, 1.165) is 11.8 Å². The van der Waals surface area contributed by atoms with Crippen LogP contribution in [0.5, 0.6) is 0 Å². The third-order valence-corrected chi connectivity index (χ3v) is 11.5. The average Bonchev–Trinajstić information content (AvgIpc) is 3.23. The van der Waals surface area contributed by atoms with Gasteiger partial charge in [0.1, 0.15) is 5.69 Å². The van der Waals surface area contributed by atoms with Crippen LogP contribution in [0.1, 0.15) is 127 Å². The summed E-state index contributed by atoms with van der Waals surface area (Å²) in [7, 11) is 2.22. The molecule has 3 aromatic rings. The first-order chi connectivity index (χ1) is 16.6. The Balaban J connectivity index is 1.49. The summed E-state index contributed by atoms with van der Waals surface area (Å²) >= 11 is 0. The van der Waals surface area contributed by atoms with Gasteiger partial charge in [-0.25, -0.2) is 4.57 Å². The van der Waals surface area contributed by atoms with Gasteiger partial charge in [-0.15, -0.1) is 0 Å². The van der Waals surface area contributed by atoms with Gasteiger partial charge < -0.3 is 0 Å². The van der Waals surface area contributed by atoms with Gasteiger partial charge in [0.2, 0.25) is 6.33 Å². The first-order valence-electron chi connectivity index (χ1n) is 14.3. The molecule has 1 aromatic heterocycles. The zero-order valence-electron chi connectivity index (χ0n) is 23.2. The van der Waals surface area contributed by atoms with Crippen molar-refractivity contribution >= 4 is 11.0 Å². The van der Waals surface area contributed by atoms with Crippen molar-refractivity contribution in [1.82, 2.24) is 4.57 Å². The van der Waals surface area contributed by atoms with Crippen LogP contribution in [-0.2, 0) is 17.9 Å². The topological polar surface area (TPSA) is 8.81 Å². The molecule has 1 saturated carbocycles. The number of benzene rings is 2. The highest BCUT2D eigenvalue weighted by Crippen LogP contribution is 2.63. The molecule has 4 aliphatic carbocycles. The van der Waals surface area contributed by atoms with E-state index in [2.05, 4.69) is 94.4 Å². The molecule has 1 unspecified atom stereocenters. The summed E-state index contributed by atoms with van der Waals surface area (Å²) in [6, 6.07) is 12.5. The van der Waals surface area contributed by atoms with Crippen LogP contribution in [0.2, 0.25) is 0 Å². The number of rotatable bonds is 5. The molecule has 0 saturated heterocycles. The lowest BCUT2D eigenvalue weighted by Crippen LogP contribution is -2.44. The molecule has 2 aromatic carbocycles. The minimum Gasteiger partial charge on any atom is -0.232 e. The molecule has 1 atom stereocenters. The molecule has 2 nitrogen and oxygen atoms in total. The Morgan fingerprint density at radius 1 is 0.857 bits per heavy atom. The van der Waals surface area contributed by atoms with E-state index in [-0.39, 0.29) is 16.2 Å². The van der Waals surface area contributed by atoms with E-state index in [9.17, 15) is 0 Å². The Kier molecular flexibility index (Phi) is 5.13. The predicted octanol–water partition coefficient (Wildman–Crippen LogP) is 8.37. The van der Waals surface area contributed by atoms with Gasteiger partial charge in [-0.2, -0.15) is 4.57 Å². The Morgan fingerprint density at radius 3 is 2.17 bits per heavy atom. The smallest absolute Gasteiger partial charge is 0.232 e. The molecule has 0 amide bonds. The molecule has 1 heterocycles. The van der Waals surface area contributed by atoms with E-state index in [4.69, 9.17) is 0 Å². The summed E-state index contributed by atoms with van der Waals surface area (Å²) in [5.74, 6) is 1.56. The second kappa shape index (κ2) is 7.70. The van der Waals surface area contributed by atoms with E-state index >= 15 is 0 Å². The molecule has 186 valence electrons. The molecule has 7 rings (SSSR count). The number of imidazole rings is 1. The minimum absolute atomic E-state index is 0.128. The van der Waals surface area contributed by atoms with Gasteiger partial charge in [0.25, 0.3) is 0 Å². The van der Waals surface area contributed by atoms with Crippen LogP contribution in [0.15, 0.2) is 36.7 Å². The molecule has 0 N–H and O–H groups in total. The molecule has 1 fully saturated rings. The van der Waals surface area contributed by atoms with Gasteiger partial charge in [0.15, 0.2) is 11.0 Å². The Morgan fingerprint density at radius 2 is 1.51 bits per heavy atom. The summed E-state index contributed by atoms with van der Waals surface area (Å²) in [4.78, 5) is 0. The van der Waals surface area contributed by atoms with Crippen molar-refractivity contribution in [1.29, 1.82) is 0 Å². The summed E-state index contributed by atoms with van der Waals surface area (Å²) in [5, 5.41) is 0. The van der Waals surface area contributed by atoms with E-state index < -0.39 is 0 Å². The SMILES string of the molecule is CCCCCC1(C)c2ccc(-n3c[n+](C)c4cc5c(cc43)C3CCC5CC3)cc2C(C)(C)C1(C)C. The summed E-state index contributed by atoms with van der Waals surface area (Å²) in [5.41, 5.74) is 11.0. The third kappa shape index (κ3) is 3.04. The monoisotopic (exact) mass is 469 g/mol. The normalized spacial score (nSPS) is 27.9. The van der Waals surface area contributed by atoms with Crippen molar-refractivity contribution < 1.29 is 4.57 Å². The largest absolute Gasteiger partial charge is 0.249 e. The van der Waals surface area contributed by atoms with Crippen LogP contribution < -0.4 is 4.57 Å². The maximum atomic E-state index is 2.55. The Hall–Kier alpha value is -2.09. The van der Waals surface area contributed by atoms with E-state index in [0.29, 0.717) is 0 Å². The van der Waals surface area contributed by atoms with Crippen molar-refractivity contribution in [3.05, 3.63) is 58.9 Å². The molecule has 2 heteroatoms. The predicted molar refractivity (Wildman–Crippen MR) is 147 cm³/mol. The van der Waals surface area contributed by atoms with E-state index in [1.807, 2.05) is 0 Å². The third-order valence-electron chi connectivity index (χ3n) is 11.5. The van der Waals surface area contributed by atoms with Crippen molar-refractivity contribution in [3.63, 3.8) is 0 Å². The fraction of sp³-hybridized carbons (Fsp3) is 0.606. The molecule has 2 bridgehead atoms. The number of hydrogen-bond acceptors (Lipinski definition) is 0. The highest BCUT2D eigenvalue weighted by Gasteiger charge is 2.58. The van der Waals surface area contributed by atoms with Crippen molar-refractivity contribution in [3.8, 4) is 5.69 Å². The van der Waals surface area contributed by atoms with Crippen LogP contribution in [-0.4, -0.2) is 4.57 Å². The zero-order chi connectivity index (χ0) is 24.8. The van der Waals surface area contributed by atoms with Gasteiger partial charge in [0.05, 0.1) is 7.05 Å². The highest BCUT2D eigenvalue weighted by molar-refractivity contribution is 5.77. The lowest BCUT2D eigenvalue weighted by Gasteiger charge is -2.47. The van der Waals surface area contributed by atoms with Crippen molar-refractivity contribution in [2.45, 2.75) is 116 Å². The van der Waals surface area contributed by atoms with Crippen LogP contribution in [0.3, 0.4) is 0 Å². The van der Waals surface area contributed by atoms with Gasteiger partial charge in [-0.05, 0) is 107 Å². The molecule has 4 aliphatic rings. The lowest BCUT2D eigenvalue weighted by atomic mass is 9.57. The fourth-order valence-electron chi connectivity index (χ4n) is 8.23. The number of nitrogens with zero attached hydrogens (tertiary/aromatic N) is 2. The first-order valence-corrected chi connectivity index (χ1v) is 14.3. The number of unbranched alkanes of at least 4 members (excludes halogenated alkanes) is 2. The summed E-state index contributed by atoms with van der Waals surface area (Å²) in [6.45, 7) is 14.9. The van der Waals surface area contributed by atoms with Crippen LogP contribution in [0, 0.1) is 5.41 Å². The number of aromatic nitrogens is 2. The first kappa shape index (κ1) is 23.3. The maximum Gasteiger partial charge on any atom is 0.249 e. The van der Waals surface area contributed by atoms with Gasteiger partial charge in [-0.3, -0.25) is 0 Å². The van der Waals surface area contributed by atoms with Gasteiger partial charge >= 0.3 is 0 Å². The summed E-state index contributed by atoms with van der Waals surface area (Å²) in [6.07, 6.45) is 13.1. The molecule has 0 aliphatic heterocycles. The van der Waals surface area contributed by atoms with Crippen molar-refractivity contribution in [2.75, 3.05) is 0 Å². The molecule has 0 spiro atoms. The summed E-state index contributed by atoms with van der Waals surface area (Å²) < 4.78 is 4.81. The molecule has 35 heavy (non-hydrogen) atoms. The Labute approximate surface area is 212 Å². The molecule has 0 radical (unpaired) electrons. The van der Waals surface area contributed by atoms with Crippen LogP contribution in [0.4, 0.5) is 0 Å². The van der Waals surface area contributed by atoms with Crippen LogP contribution >= 0.6 is 0 Å². The molecular formula is C33H45N2+. The minimum atomic E-state index is 0.128. The standard InChI is InChI=1S/C33H45N2/c1-8-9-10-17-33(6)27-16-15-24(18-28(27)31(2,3)32(33,4)5)35-21-34(7)29-19-25-22-11-13-23(14-12-22)26(25)20-30(29)35/h15-16,18-23H,8-14,17H2,1-7H3/q+1.